The van der Waals surface area contributed by atoms with Gasteiger partial charge in [0.2, 0.25) is 6.10 Å². The lowest BCUT2D eigenvalue weighted by atomic mass is 10.1. The van der Waals surface area contributed by atoms with E-state index in [-0.39, 0.29) is 5.91 Å². The van der Waals surface area contributed by atoms with E-state index in [0.29, 0.717) is 6.54 Å². The van der Waals surface area contributed by atoms with Crippen LogP contribution in [0.4, 0.5) is 0 Å². The standard InChI is InChI=1S/C20H26N2O2/c1-3-16-10-8-9-13-18(16)24-19(17-11-6-5-7-12-17)20(23)22-15-14-21-4-2/h5-13,19,21H,3-4,14-15H2,1-2H3,(H,22,23). The van der Waals surface area contributed by atoms with Gasteiger partial charge in [0.25, 0.3) is 5.91 Å². The molecule has 0 spiro atoms. The second-order valence-corrected chi connectivity index (χ2v) is 5.51. The molecule has 0 radical (unpaired) electrons. The first-order valence-corrected chi connectivity index (χ1v) is 8.54. The number of aryl methyl sites for hydroxylation is 1. The van der Waals surface area contributed by atoms with Gasteiger partial charge in [-0.25, -0.2) is 0 Å². The Morgan fingerprint density at radius 1 is 1.00 bits per heavy atom. The molecule has 1 amide bonds. The van der Waals surface area contributed by atoms with E-state index >= 15 is 0 Å². The number of ether oxygens (including phenoxy) is 1. The molecule has 24 heavy (non-hydrogen) atoms. The smallest absolute Gasteiger partial charge is 0.265 e. The number of rotatable bonds is 9. The van der Waals surface area contributed by atoms with E-state index in [4.69, 9.17) is 4.74 Å². The molecule has 2 aromatic rings. The Labute approximate surface area is 144 Å². The van der Waals surface area contributed by atoms with E-state index in [0.717, 1.165) is 36.4 Å². The minimum atomic E-state index is -0.652. The molecule has 0 aliphatic heterocycles. The van der Waals surface area contributed by atoms with Gasteiger partial charge in [0.15, 0.2) is 0 Å². The van der Waals surface area contributed by atoms with Gasteiger partial charge in [-0.3, -0.25) is 4.79 Å². The maximum atomic E-state index is 12.6. The Hall–Kier alpha value is -2.33. The average molecular weight is 326 g/mol. The third-order valence-corrected chi connectivity index (χ3v) is 3.79. The first-order valence-electron chi connectivity index (χ1n) is 8.54. The largest absolute Gasteiger partial charge is 0.476 e. The number of likely N-dealkylation sites (N-methyl/N-ethyl adjacent to an activating group) is 1. The van der Waals surface area contributed by atoms with Crippen molar-refractivity contribution in [1.82, 2.24) is 10.6 Å². The number of hydrogen-bond acceptors (Lipinski definition) is 3. The molecule has 2 N–H and O–H groups in total. The van der Waals surface area contributed by atoms with Crippen LogP contribution in [-0.4, -0.2) is 25.5 Å². The molecule has 4 nitrogen and oxygen atoms in total. The highest BCUT2D eigenvalue weighted by Crippen LogP contribution is 2.26. The van der Waals surface area contributed by atoms with E-state index in [9.17, 15) is 4.79 Å². The van der Waals surface area contributed by atoms with Crippen molar-refractivity contribution in [3.63, 3.8) is 0 Å². The maximum Gasteiger partial charge on any atom is 0.265 e. The predicted octanol–water partition coefficient (Wildman–Crippen LogP) is 3.09. The third kappa shape index (κ3) is 5.10. The highest BCUT2D eigenvalue weighted by molar-refractivity contribution is 5.82. The van der Waals surface area contributed by atoms with Crippen molar-refractivity contribution in [2.45, 2.75) is 26.4 Å². The molecule has 0 fully saturated rings. The minimum Gasteiger partial charge on any atom is -0.476 e. The van der Waals surface area contributed by atoms with E-state index < -0.39 is 6.10 Å². The zero-order chi connectivity index (χ0) is 17.2. The summed E-state index contributed by atoms with van der Waals surface area (Å²) in [4.78, 5) is 12.6. The van der Waals surface area contributed by atoms with Gasteiger partial charge >= 0.3 is 0 Å². The van der Waals surface area contributed by atoms with Crippen molar-refractivity contribution in [3.05, 3.63) is 65.7 Å². The van der Waals surface area contributed by atoms with Crippen LogP contribution < -0.4 is 15.4 Å². The van der Waals surface area contributed by atoms with Crippen LogP contribution in [-0.2, 0) is 11.2 Å². The van der Waals surface area contributed by atoms with Crippen LogP contribution in [0.25, 0.3) is 0 Å². The van der Waals surface area contributed by atoms with Gasteiger partial charge in [0.1, 0.15) is 5.75 Å². The Morgan fingerprint density at radius 2 is 1.71 bits per heavy atom. The maximum absolute atomic E-state index is 12.6. The monoisotopic (exact) mass is 326 g/mol. The molecule has 0 saturated heterocycles. The van der Waals surface area contributed by atoms with E-state index in [2.05, 4.69) is 17.6 Å². The SMILES string of the molecule is CCNCCNC(=O)C(Oc1ccccc1CC)c1ccccc1. The van der Waals surface area contributed by atoms with E-state index in [1.165, 1.54) is 0 Å². The lowest BCUT2D eigenvalue weighted by molar-refractivity contribution is -0.128. The summed E-state index contributed by atoms with van der Waals surface area (Å²) in [5.74, 6) is 0.640. The summed E-state index contributed by atoms with van der Waals surface area (Å²) < 4.78 is 6.11. The molecule has 0 aliphatic carbocycles. The van der Waals surface area contributed by atoms with Crippen LogP contribution in [0.3, 0.4) is 0 Å². The normalized spacial score (nSPS) is 11.8. The second-order valence-electron chi connectivity index (χ2n) is 5.51. The van der Waals surface area contributed by atoms with E-state index in [1.807, 2.05) is 61.5 Å². The Bertz CT molecular complexity index is 629. The number of carbonyl (C=O) groups is 1. The third-order valence-electron chi connectivity index (χ3n) is 3.79. The summed E-state index contributed by atoms with van der Waals surface area (Å²) in [6.45, 7) is 6.33. The molecular weight excluding hydrogens is 300 g/mol. The summed E-state index contributed by atoms with van der Waals surface area (Å²) in [5, 5.41) is 6.14. The van der Waals surface area contributed by atoms with Crippen molar-refractivity contribution < 1.29 is 9.53 Å². The molecular formula is C20H26N2O2. The summed E-state index contributed by atoms with van der Waals surface area (Å²) >= 11 is 0. The number of hydrogen-bond donors (Lipinski definition) is 2. The van der Waals surface area contributed by atoms with Gasteiger partial charge in [-0.2, -0.15) is 0 Å². The first-order chi connectivity index (χ1) is 11.8. The quantitative estimate of drug-likeness (QED) is 0.696. The number of carbonyl (C=O) groups excluding carboxylic acids is 1. The number of nitrogens with one attached hydrogen (secondary N) is 2. The predicted molar refractivity (Wildman–Crippen MR) is 97.2 cm³/mol. The summed E-state index contributed by atoms with van der Waals surface area (Å²) in [7, 11) is 0. The van der Waals surface area contributed by atoms with Gasteiger partial charge in [0, 0.05) is 18.7 Å². The summed E-state index contributed by atoms with van der Waals surface area (Å²) in [5.41, 5.74) is 1.95. The molecule has 1 atom stereocenters. The zero-order valence-electron chi connectivity index (χ0n) is 14.4. The number of para-hydroxylation sites is 1. The van der Waals surface area contributed by atoms with E-state index in [1.54, 1.807) is 0 Å². The molecule has 0 saturated carbocycles. The Morgan fingerprint density at radius 3 is 2.42 bits per heavy atom. The summed E-state index contributed by atoms with van der Waals surface area (Å²) in [6.07, 6.45) is 0.209. The Kier molecular flexibility index (Phi) is 7.30. The van der Waals surface area contributed by atoms with Gasteiger partial charge in [0.05, 0.1) is 0 Å². The number of amides is 1. The van der Waals surface area contributed by atoms with Gasteiger partial charge in [-0.05, 0) is 24.6 Å². The topological polar surface area (TPSA) is 50.4 Å². The molecule has 0 aromatic heterocycles. The summed E-state index contributed by atoms with van der Waals surface area (Å²) in [6, 6.07) is 17.5. The first kappa shape index (κ1) is 18.0. The molecule has 0 bridgehead atoms. The van der Waals surface area contributed by atoms with Crippen molar-refractivity contribution in [1.29, 1.82) is 0 Å². The van der Waals surface area contributed by atoms with Gasteiger partial charge in [-0.15, -0.1) is 0 Å². The number of benzene rings is 2. The fraction of sp³-hybridized carbons (Fsp3) is 0.350. The fourth-order valence-electron chi connectivity index (χ4n) is 2.48. The van der Waals surface area contributed by atoms with Crippen LogP contribution in [0.1, 0.15) is 31.1 Å². The van der Waals surface area contributed by atoms with Gasteiger partial charge in [-0.1, -0.05) is 62.4 Å². The fourth-order valence-corrected chi connectivity index (χ4v) is 2.48. The minimum absolute atomic E-state index is 0.120. The molecule has 2 aromatic carbocycles. The second kappa shape index (κ2) is 9.73. The molecule has 0 heterocycles. The van der Waals surface area contributed by atoms with Crippen LogP contribution in [0.2, 0.25) is 0 Å². The molecule has 2 rings (SSSR count). The van der Waals surface area contributed by atoms with Crippen LogP contribution >= 0.6 is 0 Å². The van der Waals surface area contributed by atoms with Gasteiger partial charge < -0.3 is 15.4 Å². The highest BCUT2D eigenvalue weighted by Gasteiger charge is 2.23. The van der Waals surface area contributed by atoms with Crippen LogP contribution in [0, 0.1) is 0 Å². The molecule has 128 valence electrons. The highest BCUT2D eigenvalue weighted by atomic mass is 16.5. The van der Waals surface area contributed by atoms with Crippen LogP contribution in [0.15, 0.2) is 54.6 Å². The van der Waals surface area contributed by atoms with Crippen molar-refractivity contribution in [2.24, 2.45) is 0 Å². The molecule has 0 aliphatic rings. The average Bonchev–Trinajstić information content (AvgIpc) is 2.64. The van der Waals surface area contributed by atoms with Crippen molar-refractivity contribution in [3.8, 4) is 5.75 Å². The van der Waals surface area contributed by atoms with Crippen molar-refractivity contribution >= 4 is 5.91 Å². The molecule has 4 heteroatoms. The Balaban J connectivity index is 2.15. The molecule has 1 unspecified atom stereocenters. The lowest BCUT2D eigenvalue weighted by Gasteiger charge is -2.21. The van der Waals surface area contributed by atoms with Crippen molar-refractivity contribution in [2.75, 3.05) is 19.6 Å². The zero-order valence-corrected chi connectivity index (χ0v) is 14.4. The lowest BCUT2D eigenvalue weighted by Crippen LogP contribution is -2.37. The van der Waals surface area contributed by atoms with Crippen LogP contribution in [0.5, 0.6) is 5.75 Å².